The minimum Gasteiger partial charge on any atom is -0.491 e. The predicted molar refractivity (Wildman–Crippen MR) is 107 cm³/mol. The van der Waals surface area contributed by atoms with Crippen LogP contribution >= 0.6 is 11.3 Å². The minimum absolute atomic E-state index is 0.124. The molecule has 0 bridgehead atoms. The topological polar surface area (TPSA) is 71.5 Å². The van der Waals surface area contributed by atoms with Crippen LogP contribution in [0, 0.1) is 6.92 Å². The zero-order valence-electron chi connectivity index (χ0n) is 15.1. The molecule has 0 aliphatic rings. The van der Waals surface area contributed by atoms with E-state index in [1.807, 2.05) is 66.9 Å². The summed E-state index contributed by atoms with van der Waals surface area (Å²) in [6, 6.07) is 17.5. The van der Waals surface area contributed by atoms with E-state index in [0.717, 1.165) is 21.8 Å². The van der Waals surface area contributed by atoms with Crippen molar-refractivity contribution in [2.45, 2.75) is 19.4 Å². The molecule has 0 aliphatic carbocycles. The van der Waals surface area contributed by atoms with E-state index in [1.54, 1.807) is 0 Å². The molecule has 3 aromatic rings. The van der Waals surface area contributed by atoms with Crippen LogP contribution in [0.2, 0.25) is 0 Å². The van der Waals surface area contributed by atoms with Gasteiger partial charge >= 0.3 is 0 Å². The number of carbonyl (C=O) groups excluding carboxylic acids is 1. The minimum atomic E-state index is -0.773. The first-order chi connectivity index (χ1) is 13.1. The van der Waals surface area contributed by atoms with E-state index in [4.69, 9.17) is 4.74 Å². The van der Waals surface area contributed by atoms with Gasteiger partial charge in [-0.05, 0) is 24.6 Å². The van der Waals surface area contributed by atoms with Crippen molar-refractivity contribution in [1.29, 1.82) is 0 Å². The number of thiazole rings is 1. The average Bonchev–Trinajstić information content (AvgIpc) is 3.14. The lowest BCUT2D eigenvalue weighted by atomic mass is 10.2. The molecule has 2 aromatic carbocycles. The molecule has 140 valence electrons. The molecule has 0 spiro atoms. The van der Waals surface area contributed by atoms with Crippen LogP contribution in [0.3, 0.4) is 0 Å². The van der Waals surface area contributed by atoms with E-state index in [1.165, 1.54) is 11.3 Å². The molecule has 0 radical (unpaired) electrons. The number of nitrogens with zero attached hydrogens (tertiary/aromatic N) is 1. The number of benzene rings is 2. The molecule has 2 N–H and O–H groups in total. The summed E-state index contributed by atoms with van der Waals surface area (Å²) in [7, 11) is 0. The van der Waals surface area contributed by atoms with Gasteiger partial charge in [0, 0.05) is 17.5 Å². The van der Waals surface area contributed by atoms with Gasteiger partial charge in [-0.1, -0.05) is 42.5 Å². The molecule has 3 rings (SSSR count). The second-order valence-corrected chi connectivity index (χ2v) is 7.13. The number of nitrogens with one attached hydrogen (secondary N) is 1. The summed E-state index contributed by atoms with van der Waals surface area (Å²) in [5.74, 6) is 0.533. The number of hydrogen-bond acceptors (Lipinski definition) is 5. The standard InChI is InChI=1S/C21H22N2O3S/c1-15-6-5-9-19(10-15)26-13-18(24)12-22-20(25)11-17-14-27-21(23-17)16-7-3-2-4-8-16/h2-10,14,18,24H,11-13H2,1H3,(H,22,25). The Bertz CT molecular complexity index is 880. The van der Waals surface area contributed by atoms with Crippen molar-refractivity contribution in [3.63, 3.8) is 0 Å². The highest BCUT2D eigenvalue weighted by Crippen LogP contribution is 2.23. The Morgan fingerprint density at radius 1 is 1.22 bits per heavy atom. The number of amides is 1. The van der Waals surface area contributed by atoms with Gasteiger partial charge in [-0.3, -0.25) is 4.79 Å². The second kappa shape index (κ2) is 9.30. The summed E-state index contributed by atoms with van der Waals surface area (Å²) < 4.78 is 5.54. The summed E-state index contributed by atoms with van der Waals surface area (Å²) in [4.78, 5) is 16.6. The summed E-state index contributed by atoms with van der Waals surface area (Å²) in [6.45, 7) is 2.24. The summed E-state index contributed by atoms with van der Waals surface area (Å²) in [6.07, 6.45) is -0.584. The fourth-order valence-electron chi connectivity index (χ4n) is 2.52. The van der Waals surface area contributed by atoms with E-state index in [2.05, 4.69) is 10.3 Å². The number of ether oxygens (including phenoxy) is 1. The van der Waals surface area contributed by atoms with Gasteiger partial charge in [0.05, 0.1) is 12.1 Å². The smallest absolute Gasteiger partial charge is 0.226 e. The lowest BCUT2D eigenvalue weighted by Crippen LogP contribution is -2.36. The third-order valence-electron chi connectivity index (χ3n) is 3.88. The van der Waals surface area contributed by atoms with Crippen molar-refractivity contribution in [2.75, 3.05) is 13.2 Å². The van der Waals surface area contributed by atoms with Crippen molar-refractivity contribution in [3.05, 3.63) is 71.2 Å². The Balaban J connectivity index is 1.42. The fourth-order valence-corrected chi connectivity index (χ4v) is 3.34. The Kier molecular flexibility index (Phi) is 6.57. The maximum Gasteiger partial charge on any atom is 0.226 e. The van der Waals surface area contributed by atoms with E-state index < -0.39 is 6.10 Å². The molecule has 0 saturated carbocycles. The molecule has 27 heavy (non-hydrogen) atoms. The van der Waals surface area contributed by atoms with E-state index in [-0.39, 0.29) is 25.5 Å². The highest BCUT2D eigenvalue weighted by atomic mass is 32.1. The monoisotopic (exact) mass is 382 g/mol. The maximum absolute atomic E-state index is 12.1. The number of aryl methyl sites for hydroxylation is 1. The highest BCUT2D eigenvalue weighted by Gasteiger charge is 2.11. The molecule has 1 aromatic heterocycles. The molecule has 0 aliphatic heterocycles. The number of carbonyl (C=O) groups is 1. The van der Waals surface area contributed by atoms with Gasteiger partial charge < -0.3 is 15.2 Å². The lowest BCUT2D eigenvalue weighted by Gasteiger charge is -2.13. The molecule has 0 saturated heterocycles. The quantitative estimate of drug-likeness (QED) is 0.628. The number of aromatic nitrogens is 1. The maximum atomic E-state index is 12.1. The van der Waals surface area contributed by atoms with Crippen molar-refractivity contribution in [2.24, 2.45) is 0 Å². The van der Waals surface area contributed by atoms with Gasteiger partial charge in [-0.15, -0.1) is 11.3 Å². The van der Waals surface area contributed by atoms with Crippen LogP contribution in [0.25, 0.3) is 10.6 Å². The van der Waals surface area contributed by atoms with E-state index >= 15 is 0 Å². The second-order valence-electron chi connectivity index (χ2n) is 6.27. The molecule has 1 unspecified atom stereocenters. The van der Waals surface area contributed by atoms with Crippen molar-refractivity contribution >= 4 is 17.2 Å². The van der Waals surface area contributed by atoms with Crippen LogP contribution in [0.4, 0.5) is 0 Å². The van der Waals surface area contributed by atoms with Crippen LogP contribution in [-0.2, 0) is 11.2 Å². The molecule has 6 heteroatoms. The van der Waals surface area contributed by atoms with E-state index in [9.17, 15) is 9.90 Å². The molecular weight excluding hydrogens is 360 g/mol. The number of aliphatic hydroxyl groups excluding tert-OH is 1. The fraction of sp³-hybridized carbons (Fsp3) is 0.238. The molecule has 5 nitrogen and oxygen atoms in total. The number of hydrogen-bond donors (Lipinski definition) is 2. The normalized spacial score (nSPS) is 11.8. The number of rotatable bonds is 8. The molecule has 1 heterocycles. The molecular formula is C21H22N2O3S. The van der Waals surface area contributed by atoms with E-state index in [0.29, 0.717) is 5.75 Å². The average molecular weight is 382 g/mol. The van der Waals surface area contributed by atoms with Gasteiger partial charge in [0.25, 0.3) is 0 Å². The third kappa shape index (κ3) is 5.91. The van der Waals surface area contributed by atoms with Gasteiger partial charge in [0.1, 0.15) is 23.5 Å². The van der Waals surface area contributed by atoms with Crippen LogP contribution in [0.1, 0.15) is 11.3 Å². The Hall–Kier alpha value is -2.70. The van der Waals surface area contributed by atoms with Gasteiger partial charge in [-0.25, -0.2) is 4.98 Å². The summed E-state index contributed by atoms with van der Waals surface area (Å²) in [5.41, 5.74) is 2.85. The number of aliphatic hydroxyl groups is 1. The van der Waals surface area contributed by atoms with Crippen molar-refractivity contribution in [1.82, 2.24) is 10.3 Å². The largest absolute Gasteiger partial charge is 0.491 e. The summed E-state index contributed by atoms with van der Waals surface area (Å²) >= 11 is 1.52. The Morgan fingerprint density at radius 3 is 2.81 bits per heavy atom. The van der Waals surface area contributed by atoms with Crippen LogP contribution < -0.4 is 10.1 Å². The molecule has 1 amide bonds. The first-order valence-electron chi connectivity index (χ1n) is 8.74. The SMILES string of the molecule is Cc1cccc(OCC(O)CNC(=O)Cc2csc(-c3ccccc3)n2)c1. The Labute approximate surface area is 162 Å². The predicted octanol–water partition coefficient (Wildman–Crippen LogP) is 3.22. The summed E-state index contributed by atoms with van der Waals surface area (Å²) in [5, 5.41) is 15.5. The molecule has 1 atom stereocenters. The van der Waals surface area contributed by atoms with Gasteiger partial charge in [0.2, 0.25) is 5.91 Å². The van der Waals surface area contributed by atoms with Gasteiger partial charge in [0.15, 0.2) is 0 Å². The zero-order valence-corrected chi connectivity index (χ0v) is 15.9. The van der Waals surface area contributed by atoms with Crippen LogP contribution in [0.5, 0.6) is 5.75 Å². The van der Waals surface area contributed by atoms with Crippen molar-refractivity contribution < 1.29 is 14.6 Å². The zero-order chi connectivity index (χ0) is 19.1. The highest BCUT2D eigenvalue weighted by molar-refractivity contribution is 7.13. The lowest BCUT2D eigenvalue weighted by molar-refractivity contribution is -0.121. The first kappa shape index (κ1) is 19.1. The van der Waals surface area contributed by atoms with Crippen LogP contribution in [-0.4, -0.2) is 35.3 Å². The van der Waals surface area contributed by atoms with Crippen molar-refractivity contribution in [3.8, 4) is 16.3 Å². The Morgan fingerprint density at radius 2 is 2.04 bits per heavy atom. The molecule has 0 fully saturated rings. The first-order valence-corrected chi connectivity index (χ1v) is 9.62. The van der Waals surface area contributed by atoms with Crippen LogP contribution in [0.15, 0.2) is 60.0 Å². The van der Waals surface area contributed by atoms with Gasteiger partial charge in [-0.2, -0.15) is 0 Å². The third-order valence-corrected chi connectivity index (χ3v) is 4.82.